The van der Waals surface area contributed by atoms with Gasteiger partial charge < -0.3 is 19.7 Å². The second-order valence-corrected chi connectivity index (χ2v) is 4.56. The molecule has 0 bridgehead atoms. The average molecular weight is 369 g/mol. The highest BCUT2D eigenvalue weighted by molar-refractivity contribution is 9.10. The Bertz CT molecular complexity index is 482. The van der Waals surface area contributed by atoms with Crippen molar-refractivity contribution in [2.24, 2.45) is 0 Å². The molecule has 0 saturated heterocycles. The van der Waals surface area contributed by atoms with Gasteiger partial charge in [0.2, 0.25) is 0 Å². The van der Waals surface area contributed by atoms with E-state index in [9.17, 15) is 28.8 Å². The highest BCUT2D eigenvalue weighted by Crippen LogP contribution is 2.10. The maximum Gasteiger partial charge on any atom is 0.327 e. The molecular formula is C10H9BrO10. The Morgan fingerprint density at radius 2 is 1.24 bits per heavy atom. The predicted molar refractivity (Wildman–Crippen MR) is 64.0 cm³/mol. The molecule has 0 amide bonds. The smallest absolute Gasteiger partial charge is 0.327 e. The molecule has 0 aliphatic heterocycles. The summed E-state index contributed by atoms with van der Waals surface area (Å²) in [7, 11) is 0. The van der Waals surface area contributed by atoms with E-state index in [2.05, 4.69) is 25.4 Å². The second kappa shape index (κ2) is 8.79. The van der Waals surface area contributed by atoms with Gasteiger partial charge in [0, 0.05) is 0 Å². The summed E-state index contributed by atoms with van der Waals surface area (Å²) in [6.07, 6.45) is -2.78. The summed E-state index contributed by atoms with van der Waals surface area (Å²) in [6.45, 7) is 0. The lowest BCUT2D eigenvalue weighted by atomic mass is 10.3. The summed E-state index contributed by atoms with van der Waals surface area (Å²) in [5.74, 6) is -8.11. The van der Waals surface area contributed by atoms with E-state index in [-0.39, 0.29) is 0 Å². The summed E-state index contributed by atoms with van der Waals surface area (Å²) in [6, 6.07) is 0. The lowest BCUT2D eigenvalue weighted by Crippen LogP contribution is -2.26. The Hall–Kier alpha value is -2.30. The van der Waals surface area contributed by atoms with Gasteiger partial charge in [0.25, 0.3) is 0 Å². The fourth-order valence-electron chi connectivity index (χ4n) is 0.894. The van der Waals surface area contributed by atoms with Crippen LogP contribution in [0.5, 0.6) is 0 Å². The normalized spacial score (nSPS) is 11.1. The third-order valence-electron chi connectivity index (χ3n) is 1.63. The number of ether oxygens (including phenoxy) is 2. The zero-order valence-corrected chi connectivity index (χ0v) is 11.8. The number of hydrogen-bond donors (Lipinski definition) is 2. The molecule has 0 saturated carbocycles. The zero-order chi connectivity index (χ0) is 16.6. The average Bonchev–Trinajstić information content (AvgIpc) is 2.25. The monoisotopic (exact) mass is 368 g/mol. The van der Waals surface area contributed by atoms with E-state index in [1.165, 1.54) is 0 Å². The van der Waals surface area contributed by atoms with Crippen LogP contribution in [0.25, 0.3) is 0 Å². The number of carboxylic acids is 2. The van der Waals surface area contributed by atoms with Crippen LogP contribution < -0.4 is 0 Å². The van der Waals surface area contributed by atoms with Crippen LogP contribution in [0, 0.1) is 0 Å². The first-order chi connectivity index (χ1) is 9.61. The van der Waals surface area contributed by atoms with Gasteiger partial charge in [0.1, 0.15) is 17.7 Å². The molecule has 2 N–H and O–H groups in total. The minimum atomic E-state index is -1.50. The molecule has 0 aromatic heterocycles. The molecule has 1 atom stereocenters. The van der Waals surface area contributed by atoms with Crippen LogP contribution in [0.1, 0.15) is 19.3 Å². The molecule has 0 rings (SSSR count). The van der Waals surface area contributed by atoms with Gasteiger partial charge in [0.15, 0.2) is 0 Å². The number of rotatable bonds is 7. The largest absolute Gasteiger partial charge is 0.481 e. The van der Waals surface area contributed by atoms with Crippen LogP contribution in [0.4, 0.5) is 0 Å². The minimum Gasteiger partial charge on any atom is -0.481 e. The van der Waals surface area contributed by atoms with Crippen LogP contribution in [-0.4, -0.2) is 50.9 Å². The van der Waals surface area contributed by atoms with Gasteiger partial charge in [-0.15, -0.1) is 0 Å². The summed E-state index contributed by atoms with van der Waals surface area (Å²) in [5, 5.41) is 16.5. The van der Waals surface area contributed by atoms with E-state index in [4.69, 9.17) is 10.2 Å². The van der Waals surface area contributed by atoms with Crippen molar-refractivity contribution in [1.29, 1.82) is 0 Å². The van der Waals surface area contributed by atoms with E-state index in [0.29, 0.717) is 0 Å². The van der Waals surface area contributed by atoms with E-state index in [1.807, 2.05) is 0 Å². The van der Waals surface area contributed by atoms with Crippen molar-refractivity contribution in [3.8, 4) is 0 Å². The first kappa shape index (κ1) is 18.7. The molecule has 0 aromatic rings. The van der Waals surface area contributed by atoms with Crippen molar-refractivity contribution in [3.63, 3.8) is 0 Å². The van der Waals surface area contributed by atoms with Gasteiger partial charge in [-0.1, -0.05) is 15.9 Å². The van der Waals surface area contributed by atoms with Crippen molar-refractivity contribution < 1.29 is 48.5 Å². The summed E-state index contributed by atoms with van der Waals surface area (Å²) in [5.41, 5.74) is 0. The van der Waals surface area contributed by atoms with Gasteiger partial charge >= 0.3 is 35.8 Å². The SMILES string of the molecule is O=C(O)CC(=O)OC(=O)CC(Br)C(=O)OC(=O)CC(=O)O. The molecule has 0 heterocycles. The van der Waals surface area contributed by atoms with E-state index >= 15 is 0 Å². The summed E-state index contributed by atoms with van der Waals surface area (Å²) < 4.78 is 8.18. The minimum absolute atomic E-state index is 0.718. The fraction of sp³-hybridized carbons (Fsp3) is 0.400. The molecule has 11 heteroatoms. The number of carbonyl (C=O) groups is 6. The van der Waals surface area contributed by atoms with E-state index in [0.717, 1.165) is 0 Å². The lowest BCUT2D eigenvalue weighted by molar-refractivity contribution is -0.167. The number of carbonyl (C=O) groups excluding carboxylic acids is 4. The Labute approximate surface area is 125 Å². The molecular weight excluding hydrogens is 360 g/mol. The third kappa shape index (κ3) is 9.27. The van der Waals surface area contributed by atoms with Gasteiger partial charge in [-0.3, -0.25) is 28.8 Å². The molecule has 21 heavy (non-hydrogen) atoms. The van der Waals surface area contributed by atoms with Crippen LogP contribution in [0.2, 0.25) is 0 Å². The Kier molecular flexibility index (Phi) is 7.83. The summed E-state index contributed by atoms with van der Waals surface area (Å²) in [4.78, 5) is 63.1. The maximum atomic E-state index is 11.3. The quantitative estimate of drug-likeness (QED) is 0.331. The van der Waals surface area contributed by atoms with Crippen LogP contribution >= 0.6 is 15.9 Å². The topological polar surface area (TPSA) is 161 Å². The molecule has 0 fully saturated rings. The zero-order valence-electron chi connectivity index (χ0n) is 10.2. The van der Waals surface area contributed by atoms with Crippen molar-refractivity contribution in [2.45, 2.75) is 24.1 Å². The number of halogens is 1. The molecule has 0 spiro atoms. The Morgan fingerprint density at radius 1 is 0.810 bits per heavy atom. The Balaban J connectivity index is 4.25. The first-order valence-electron chi connectivity index (χ1n) is 5.17. The molecule has 116 valence electrons. The van der Waals surface area contributed by atoms with Crippen LogP contribution in [0.3, 0.4) is 0 Å². The van der Waals surface area contributed by atoms with Crippen molar-refractivity contribution in [1.82, 2.24) is 0 Å². The highest BCUT2D eigenvalue weighted by atomic mass is 79.9. The van der Waals surface area contributed by atoms with Crippen LogP contribution in [0.15, 0.2) is 0 Å². The first-order valence-corrected chi connectivity index (χ1v) is 6.09. The molecule has 0 aliphatic carbocycles. The number of esters is 4. The van der Waals surface area contributed by atoms with Crippen LogP contribution in [-0.2, 0) is 38.2 Å². The second-order valence-electron chi connectivity index (χ2n) is 3.45. The summed E-state index contributed by atoms with van der Waals surface area (Å²) >= 11 is 2.68. The molecule has 0 radical (unpaired) electrons. The van der Waals surface area contributed by atoms with Crippen molar-refractivity contribution >= 4 is 51.7 Å². The molecule has 0 aliphatic rings. The van der Waals surface area contributed by atoms with E-state index in [1.54, 1.807) is 0 Å². The maximum absolute atomic E-state index is 11.3. The third-order valence-corrected chi connectivity index (χ3v) is 2.33. The number of carboxylic acid groups (broad SMARTS) is 2. The molecule has 0 aromatic carbocycles. The van der Waals surface area contributed by atoms with Crippen molar-refractivity contribution in [3.05, 3.63) is 0 Å². The standard InChI is InChI=1S/C10H9BrO10/c11-4(10(19)21-9(18)3-6(14)15)1-7(16)20-8(17)2-5(12)13/h4H,1-3H2,(H,12,13)(H,14,15). The molecule has 10 nitrogen and oxygen atoms in total. The van der Waals surface area contributed by atoms with Gasteiger partial charge in [-0.2, -0.15) is 0 Å². The van der Waals surface area contributed by atoms with E-state index < -0.39 is 59.9 Å². The number of alkyl halides is 1. The van der Waals surface area contributed by atoms with Gasteiger partial charge in [0.05, 0.1) is 6.42 Å². The molecule has 1 unspecified atom stereocenters. The van der Waals surface area contributed by atoms with Gasteiger partial charge in [-0.05, 0) is 0 Å². The fourth-order valence-corrected chi connectivity index (χ4v) is 1.25. The van der Waals surface area contributed by atoms with Crippen molar-refractivity contribution in [2.75, 3.05) is 0 Å². The van der Waals surface area contributed by atoms with Gasteiger partial charge in [-0.25, -0.2) is 0 Å². The lowest BCUT2D eigenvalue weighted by Gasteiger charge is -2.07. The number of hydrogen-bond acceptors (Lipinski definition) is 8. The predicted octanol–water partition coefficient (Wildman–Crippen LogP) is -0.771. The number of aliphatic carboxylic acids is 2. The highest BCUT2D eigenvalue weighted by Gasteiger charge is 2.26. The Morgan fingerprint density at radius 3 is 1.67 bits per heavy atom.